The van der Waals surface area contributed by atoms with Crippen molar-refractivity contribution in [1.82, 2.24) is 24.6 Å². The van der Waals surface area contributed by atoms with Crippen LogP contribution >= 0.6 is 7.82 Å². The van der Waals surface area contributed by atoms with Crippen LogP contribution in [-0.2, 0) is 40.0 Å². The Morgan fingerprint density at radius 1 is 0.964 bits per heavy atom. The van der Waals surface area contributed by atoms with Crippen LogP contribution in [0.1, 0.15) is 134 Å². The van der Waals surface area contributed by atoms with Crippen LogP contribution in [0.3, 0.4) is 0 Å². The lowest BCUT2D eigenvalue weighted by Gasteiger charge is -2.32. The monoisotopic (exact) mass is 803 g/mol. The molecule has 4 rings (SSSR count). The number of hydrogen-bond donors (Lipinski definition) is 4. The van der Waals surface area contributed by atoms with E-state index in [0.717, 1.165) is 19.3 Å². The first-order chi connectivity index (χ1) is 27.0. The zero-order valence-corrected chi connectivity index (χ0v) is 34.0. The summed E-state index contributed by atoms with van der Waals surface area (Å²) in [6, 6.07) is 5.07. The van der Waals surface area contributed by atoms with E-state index >= 15 is 0 Å². The highest BCUT2D eigenvalue weighted by Gasteiger charge is 2.58. The van der Waals surface area contributed by atoms with Gasteiger partial charge in [-0.2, -0.15) is 10.4 Å². The maximum Gasteiger partial charge on any atom is 0.472 e. The summed E-state index contributed by atoms with van der Waals surface area (Å²) in [6.07, 6.45) is 22.0. The predicted molar refractivity (Wildman–Crippen MR) is 209 cm³/mol. The highest BCUT2D eigenvalue weighted by molar-refractivity contribution is 7.47. The summed E-state index contributed by atoms with van der Waals surface area (Å²) >= 11 is 0. The number of hydrogen-bond acceptors (Lipinski definition) is 14. The summed E-state index contributed by atoms with van der Waals surface area (Å²) < 4.78 is 42.5. The van der Waals surface area contributed by atoms with E-state index in [1.165, 1.54) is 114 Å². The number of phosphoric ester groups is 1. The van der Waals surface area contributed by atoms with E-state index in [2.05, 4.69) is 27.0 Å². The number of aliphatic hydroxyl groups excluding tert-OH is 1. The van der Waals surface area contributed by atoms with E-state index < -0.39 is 37.8 Å². The lowest BCUT2D eigenvalue weighted by molar-refractivity contribution is -0.101. The number of aromatic nitrogens is 5. The Morgan fingerprint density at radius 3 is 2.21 bits per heavy atom. The van der Waals surface area contributed by atoms with Crippen molar-refractivity contribution in [1.29, 1.82) is 5.26 Å². The molecule has 0 radical (unpaired) electrons. The molecule has 56 heavy (non-hydrogen) atoms. The van der Waals surface area contributed by atoms with Gasteiger partial charge in [-0.05, 0) is 25.5 Å². The molecule has 0 aromatic carbocycles. The molecule has 0 bridgehead atoms. The first-order valence-corrected chi connectivity index (χ1v) is 21.7. The Bertz CT molecular complexity index is 1680. The lowest BCUT2D eigenvalue weighted by Crippen LogP contribution is -2.49. The average Bonchev–Trinajstić information content (AvgIpc) is 3.74. The molecule has 1 saturated heterocycles. The number of nitrogens with two attached hydrogens (primary N) is 1. The van der Waals surface area contributed by atoms with Gasteiger partial charge in [0.25, 0.3) is 0 Å². The Morgan fingerprint density at radius 2 is 1.61 bits per heavy atom. The van der Waals surface area contributed by atoms with Gasteiger partial charge in [-0.1, -0.05) is 103 Å². The topological polar surface area (TPSA) is 230 Å². The van der Waals surface area contributed by atoms with Crippen LogP contribution in [0.15, 0.2) is 30.9 Å². The van der Waals surface area contributed by atoms with Gasteiger partial charge in [-0.15, -0.1) is 0 Å². The van der Waals surface area contributed by atoms with Crippen molar-refractivity contribution in [2.75, 3.05) is 38.8 Å². The molecule has 5 N–H and O–H groups in total. The molecule has 0 amide bonds. The van der Waals surface area contributed by atoms with Crippen LogP contribution in [-0.4, -0.2) is 90.5 Å². The van der Waals surface area contributed by atoms with Crippen molar-refractivity contribution >= 4 is 19.2 Å². The smallest absolute Gasteiger partial charge is 0.386 e. The van der Waals surface area contributed by atoms with Gasteiger partial charge < -0.3 is 35.1 Å². The van der Waals surface area contributed by atoms with Crippen LogP contribution in [0.25, 0.3) is 5.52 Å². The van der Waals surface area contributed by atoms with E-state index in [0.29, 0.717) is 17.8 Å². The fourth-order valence-corrected chi connectivity index (χ4v) is 7.63. The van der Waals surface area contributed by atoms with Gasteiger partial charge in [-0.3, -0.25) is 14.0 Å². The molecule has 0 saturated carbocycles. The quantitative estimate of drug-likeness (QED) is 0.0445. The summed E-state index contributed by atoms with van der Waals surface area (Å²) in [5.74, 6) is 0.186. The second-order valence-electron chi connectivity index (χ2n) is 14.9. The maximum atomic E-state index is 13.0. The number of ether oxygens (including phenoxy) is 3. The fourth-order valence-electron chi connectivity index (χ4n) is 6.78. The van der Waals surface area contributed by atoms with Crippen molar-refractivity contribution in [3.05, 3.63) is 47.9 Å². The van der Waals surface area contributed by atoms with Gasteiger partial charge >= 0.3 is 7.82 Å². The summed E-state index contributed by atoms with van der Waals surface area (Å²) in [6.45, 7) is 2.96. The summed E-state index contributed by atoms with van der Waals surface area (Å²) in [5.41, 5.74) is 3.63. The molecule has 1 aliphatic heterocycles. The van der Waals surface area contributed by atoms with Crippen LogP contribution in [0, 0.1) is 11.3 Å². The minimum atomic E-state index is -4.71. The minimum absolute atomic E-state index is 0.00654. The second kappa shape index (κ2) is 23.3. The number of aliphatic hydroxyl groups is 2. The Labute approximate surface area is 330 Å². The first kappa shape index (κ1) is 45.6. The normalized spacial score (nSPS) is 21.3. The minimum Gasteiger partial charge on any atom is -0.386 e. The molecule has 0 spiro atoms. The van der Waals surface area contributed by atoms with Gasteiger partial charge in [0.1, 0.15) is 35.7 Å². The molecule has 16 nitrogen and oxygen atoms in total. The van der Waals surface area contributed by atoms with Crippen LogP contribution in [0.2, 0.25) is 0 Å². The molecule has 312 valence electrons. The Hall–Kier alpha value is -3.10. The van der Waals surface area contributed by atoms with Crippen molar-refractivity contribution in [3.63, 3.8) is 0 Å². The molecular weight excluding hydrogens is 741 g/mol. The number of nitrogen functional groups attached to an aromatic ring is 1. The largest absolute Gasteiger partial charge is 0.472 e. The van der Waals surface area contributed by atoms with E-state index in [4.69, 9.17) is 34.3 Å². The van der Waals surface area contributed by atoms with Crippen molar-refractivity contribution < 1.29 is 42.9 Å². The third-order valence-electron chi connectivity index (χ3n) is 10.2. The lowest BCUT2D eigenvalue weighted by atomic mass is 9.86. The van der Waals surface area contributed by atoms with Gasteiger partial charge in [-0.25, -0.2) is 19.0 Å². The summed E-state index contributed by atoms with van der Waals surface area (Å²) in [7, 11) is -4.71. The molecule has 1 unspecified atom stereocenters. The number of phosphoric acid groups is 1. The van der Waals surface area contributed by atoms with E-state index in [1.807, 2.05) is 6.07 Å². The van der Waals surface area contributed by atoms with Crippen molar-refractivity contribution in [3.8, 4) is 6.07 Å². The third-order valence-corrected chi connectivity index (χ3v) is 11.2. The Balaban J connectivity index is 1.16. The Kier molecular flexibility index (Phi) is 19.0. The fraction of sp³-hybridized carbons (Fsp3) is 0.718. The number of nitrogens with zero attached hydrogens (tertiary/aromatic N) is 6. The van der Waals surface area contributed by atoms with Gasteiger partial charge in [0.2, 0.25) is 0 Å². The molecule has 3 aromatic rings. The van der Waals surface area contributed by atoms with Crippen LogP contribution in [0.5, 0.6) is 0 Å². The first-order valence-electron chi connectivity index (χ1n) is 20.2. The molecule has 5 atom stereocenters. The average molecular weight is 804 g/mol. The number of unbranched alkanes of at least 4 members (excludes halogenated alkanes) is 15. The molecule has 4 heterocycles. The highest BCUT2D eigenvalue weighted by Crippen LogP contribution is 2.47. The summed E-state index contributed by atoms with van der Waals surface area (Å²) in [5, 5.41) is 35.9. The van der Waals surface area contributed by atoms with Crippen molar-refractivity contribution in [2.45, 2.75) is 147 Å². The molecule has 1 fully saturated rings. The molecule has 0 aliphatic carbocycles. The van der Waals surface area contributed by atoms with E-state index in [9.17, 15) is 19.7 Å². The van der Waals surface area contributed by atoms with Gasteiger partial charge in [0, 0.05) is 6.61 Å². The zero-order chi connectivity index (χ0) is 40.3. The SMILES string of the molecule is CCCCCCCCCCCCCCCCCCOC[C@@H](COP(=O)(O)OC[C@@]1(C)OC[C@](O)(c2ccc3c(N)ncnn23)[C@@H]1O)OCc1cnc(C#N)cn1. The van der Waals surface area contributed by atoms with Crippen molar-refractivity contribution in [2.24, 2.45) is 0 Å². The second-order valence-corrected chi connectivity index (χ2v) is 16.4. The molecule has 3 aromatic heterocycles. The van der Waals surface area contributed by atoms with Crippen LogP contribution < -0.4 is 5.73 Å². The summed E-state index contributed by atoms with van der Waals surface area (Å²) in [4.78, 5) is 22.7. The molecular formula is C39H62N7O9P. The maximum absolute atomic E-state index is 13.0. The number of rotatable bonds is 29. The van der Waals surface area contributed by atoms with Gasteiger partial charge in [0.15, 0.2) is 17.1 Å². The van der Waals surface area contributed by atoms with E-state index in [-0.39, 0.29) is 43.6 Å². The van der Waals surface area contributed by atoms with Gasteiger partial charge in [0.05, 0.1) is 56.8 Å². The van der Waals surface area contributed by atoms with E-state index in [1.54, 1.807) is 12.1 Å². The number of anilines is 1. The molecule has 17 heteroatoms. The number of fused-ring (bicyclic) bond motifs is 1. The highest BCUT2D eigenvalue weighted by atomic mass is 31.2. The predicted octanol–water partition coefficient (Wildman–Crippen LogP) is 6.31. The molecule has 1 aliphatic rings. The van der Waals surface area contributed by atoms with Crippen LogP contribution in [0.4, 0.5) is 5.82 Å². The third kappa shape index (κ3) is 14.1. The zero-order valence-electron chi connectivity index (χ0n) is 33.1. The standard InChI is InChI=1S/C39H62N7O9P/c1-3-4-5-6-7-8-9-10-11-12-13-14-15-16-17-18-21-51-26-33(52-25-32-24-42-31(22-40)23-43-32)27-54-56(49,50)55-28-38(2)37(47)39(48,29-53-38)35-20-19-34-36(41)44-30-45-46(34)35/h19-20,23-24,30,33,37,47-48H,3-18,21,25-29H2,1-2H3,(H,49,50)(H2,41,44,45)/t33-,37+,38+,39-/m0/s1. The number of nitriles is 1.